The van der Waals surface area contributed by atoms with Crippen LogP contribution in [0.25, 0.3) is 11.0 Å². The predicted molar refractivity (Wildman–Crippen MR) is 111 cm³/mol. The molecule has 3 aliphatic rings. The average Bonchev–Trinajstić information content (AvgIpc) is 3.32. The molecule has 3 fully saturated rings. The number of benzene rings is 1. The summed E-state index contributed by atoms with van der Waals surface area (Å²) in [4.78, 5) is 24.2. The van der Waals surface area contributed by atoms with Crippen molar-refractivity contribution in [3.05, 3.63) is 30.6 Å². The molecule has 1 aromatic carbocycles. The monoisotopic (exact) mass is 397 g/mol. The lowest BCUT2D eigenvalue weighted by Crippen LogP contribution is -2.55. The van der Waals surface area contributed by atoms with E-state index in [2.05, 4.69) is 21.8 Å². The van der Waals surface area contributed by atoms with E-state index in [4.69, 9.17) is 0 Å². The van der Waals surface area contributed by atoms with Gasteiger partial charge in [0.1, 0.15) is 6.54 Å². The van der Waals surface area contributed by atoms with Crippen LogP contribution in [0.15, 0.2) is 30.6 Å². The van der Waals surface area contributed by atoms with Gasteiger partial charge in [-0.15, -0.1) is 0 Å². The largest absolute Gasteiger partial charge is 0.391 e. The van der Waals surface area contributed by atoms with Gasteiger partial charge in [0, 0.05) is 45.3 Å². The van der Waals surface area contributed by atoms with Crippen molar-refractivity contribution in [1.29, 1.82) is 0 Å². The van der Waals surface area contributed by atoms with Crippen molar-refractivity contribution in [2.75, 3.05) is 46.3 Å². The SMILES string of the molecule is CN1CCN([C@@H]2C[C@@H]3CN(C(=O)Cn4cnc5ccccc54)C[C@@H]3C[C@H]2O)CC1. The van der Waals surface area contributed by atoms with E-state index in [0.717, 1.165) is 63.1 Å². The Morgan fingerprint density at radius 2 is 1.83 bits per heavy atom. The molecule has 2 saturated heterocycles. The van der Waals surface area contributed by atoms with Gasteiger partial charge in [0.05, 0.1) is 23.5 Å². The highest BCUT2D eigenvalue weighted by molar-refractivity contribution is 5.80. The lowest BCUT2D eigenvalue weighted by molar-refractivity contribution is -0.131. The number of aliphatic hydroxyl groups excluding tert-OH is 1. The zero-order valence-electron chi connectivity index (χ0n) is 17.2. The van der Waals surface area contributed by atoms with Crippen LogP contribution in [-0.4, -0.2) is 93.7 Å². The lowest BCUT2D eigenvalue weighted by atomic mass is 9.77. The van der Waals surface area contributed by atoms with Gasteiger partial charge in [-0.2, -0.15) is 0 Å². The number of fused-ring (bicyclic) bond motifs is 2. The first-order valence-electron chi connectivity index (χ1n) is 10.9. The number of nitrogens with zero attached hydrogens (tertiary/aromatic N) is 5. The molecule has 1 amide bonds. The number of likely N-dealkylation sites (tertiary alicyclic amines) is 1. The first-order chi connectivity index (χ1) is 14.1. The van der Waals surface area contributed by atoms with Crippen LogP contribution in [0.2, 0.25) is 0 Å². The van der Waals surface area contributed by atoms with Crippen LogP contribution in [0.1, 0.15) is 12.8 Å². The third-order valence-electron chi connectivity index (χ3n) is 7.30. The summed E-state index contributed by atoms with van der Waals surface area (Å²) in [6.45, 7) is 6.15. The van der Waals surface area contributed by atoms with Crippen molar-refractivity contribution in [2.24, 2.45) is 11.8 Å². The fourth-order valence-corrected chi connectivity index (χ4v) is 5.54. The molecular formula is C22H31N5O2. The molecule has 0 spiro atoms. The normalized spacial score (nSPS) is 31.3. The Morgan fingerprint density at radius 3 is 2.62 bits per heavy atom. The minimum atomic E-state index is -0.271. The number of imidazole rings is 1. The van der Waals surface area contributed by atoms with Gasteiger partial charge in [-0.1, -0.05) is 12.1 Å². The van der Waals surface area contributed by atoms with Crippen LogP contribution in [-0.2, 0) is 11.3 Å². The van der Waals surface area contributed by atoms with Crippen LogP contribution in [0, 0.1) is 11.8 Å². The molecule has 2 aliphatic heterocycles. The second kappa shape index (κ2) is 7.70. The molecule has 3 heterocycles. The summed E-state index contributed by atoms with van der Waals surface area (Å²) in [7, 11) is 2.16. The van der Waals surface area contributed by atoms with Crippen molar-refractivity contribution in [1.82, 2.24) is 24.3 Å². The standard InChI is InChI=1S/C22H31N5O2/c1-24-6-8-25(9-7-24)20-10-16-12-26(13-17(16)11-21(20)28)22(29)14-27-15-23-18-4-2-3-5-19(18)27/h2-5,15-17,20-21,28H,6-14H2,1H3/t16-,17+,20-,21-/m1/s1. The van der Waals surface area contributed by atoms with E-state index in [1.165, 1.54) is 0 Å². The number of para-hydroxylation sites is 2. The summed E-state index contributed by atoms with van der Waals surface area (Å²) < 4.78 is 1.95. The number of amides is 1. The van der Waals surface area contributed by atoms with Crippen molar-refractivity contribution < 1.29 is 9.90 Å². The molecule has 7 heteroatoms. The van der Waals surface area contributed by atoms with Gasteiger partial charge in [-0.25, -0.2) is 4.98 Å². The molecule has 0 bridgehead atoms. The molecule has 0 unspecified atom stereocenters. The maximum absolute atomic E-state index is 13.0. The summed E-state index contributed by atoms with van der Waals surface area (Å²) in [5.41, 5.74) is 1.93. The van der Waals surface area contributed by atoms with Crippen molar-refractivity contribution in [3.8, 4) is 0 Å². The number of likely N-dealkylation sites (N-methyl/N-ethyl adjacent to an activating group) is 1. The third-order valence-corrected chi connectivity index (χ3v) is 7.30. The Balaban J connectivity index is 1.23. The average molecular weight is 398 g/mol. The Bertz CT molecular complexity index is 875. The van der Waals surface area contributed by atoms with E-state index < -0.39 is 0 Å². The molecule has 1 N–H and O–H groups in total. The number of aromatic nitrogens is 2. The lowest BCUT2D eigenvalue weighted by Gasteiger charge is -2.44. The highest BCUT2D eigenvalue weighted by Gasteiger charge is 2.44. The van der Waals surface area contributed by atoms with Gasteiger partial charge in [-0.05, 0) is 43.9 Å². The van der Waals surface area contributed by atoms with E-state index in [0.29, 0.717) is 18.4 Å². The Kier molecular flexibility index (Phi) is 5.05. The van der Waals surface area contributed by atoms with Gasteiger partial charge in [0.25, 0.3) is 0 Å². The second-order valence-corrected chi connectivity index (χ2v) is 9.13. The number of rotatable bonds is 3. The number of carbonyl (C=O) groups is 1. The third kappa shape index (κ3) is 3.67. The number of piperazine rings is 1. The van der Waals surface area contributed by atoms with Crippen LogP contribution >= 0.6 is 0 Å². The molecule has 1 saturated carbocycles. The number of aliphatic hydroxyl groups is 1. The fraction of sp³-hybridized carbons (Fsp3) is 0.636. The fourth-order valence-electron chi connectivity index (χ4n) is 5.54. The molecule has 5 rings (SSSR count). The minimum Gasteiger partial charge on any atom is -0.391 e. The maximum Gasteiger partial charge on any atom is 0.242 e. The smallest absolute Gasteiger partial charge is 0.242 e. The molecule has 2 aromatic rings. The number of carbonyl (C=O) groups excluding carboxylic acids is 1. The molecule has 29 heavy (non-hydrogen) atoms. The summed E-state index contributed by atoms with van der Waals surface area (Å²) in [6.07, 6.45) is 3.32. The van der Waals surface area contributed by atoms with E-state index in [-0.39, 0.29) is 18.1 Å². The molecule has 0 radical (unpaired) electrons. The molecule has 156 valence electrons. The first-order valence-corrected chi connectivity index (χ1v) is 10.9. The molecular weight excluding hydrogens is 366 g/mol. The molecule has 1 aliphatic carbocycles. The van der Waals surface area contributed by atoms with Gasteiger partial charge < -0.3 is 19.5 Å². The predicted octanol–water partition coefficient (Wildman–Crippen LogP) is 0.882. The van der Waals surface area contributed by atoms with Crippen LogP contribution in [0.3, 0.4) is 0 Å². The Hall–Kier alpha value is -1.96. The molecule has 1 aromatic heterocycles. The summed E-state index contributed by atoms with van der Waals surface area (Å²) in [6, 6.07) is 8.18. The Labute approximate surface area is 171 Å². The zero-order valence-corrected chi connectivity index (χ0v) is 17.2. The van der Waals surface area contributed by atoms with Gasteiger partial charge in [0.15, 0.2) is 0 Å². The maximum atomic E-state index is 13.0. The van der Waals surface area contributed by atoms with Gasteiger partial charge in [-0.3, -0.25) is 9.69 Å². The highest BCUT2D eigenvalue weighted by Crippen LogP contribution is 2.38. The quantitative estimate of drug-likeness (QED) is 0.833. The Morgan fingerprint density at radius 1 is 1.10 bits per heavy atom. The topological polar surface area (TPSA) is 64.8 Å². The van der Waals surface area contributed by atoms with E-state index in [9.17, 15) is 9.90 Å². The van der Waals surface area contributed by atoms with Crippen molar-refractivity contribution >= 4 is 16.9 Å². The summed E-state index contributed by atoms with van der Waals surface area (Å²) >= 11 is 0. The summed E-state index contributed by atoms with van der Waals surface area (Å²) in [5, 5.41) is 10.8. The first kappa shape index (κ1) is 19.0. The van der Waals surface area contributed by atoms with Crippen molar-refractivity contribution in [3.63, 3.8) is 0 Å². The zero-order chi connectivity index (χ0) is 20.0. The number of hydrogen-bond donors (Lipinski definition) is 1. The van der Waals surface area contributed by atoms with Gasteiger partial charge >= 0.3 is 0 Å². The number of hydrogen-bond acceptors (Lipinski definition) is 5. The molecule has 7 nitrogen and oxygen atoms in total. The summed E-state index contributed by atoms with van der Waals surface area (Å²) in [5.74, 6) is 1.09. The van der Waals surface area contributed by atoms with Crippen LogP contribution in [0.4, 0.5) is 0 Å². The van der Waals surface area contributed by atoms with E-state index >= 15 is 0 Å². The van der Waals surface area contributed by atoms with Crippen LogP contribution in [0.5, 0.6) is 0 Å². The second-order valence-electron chi connectivity index (χ2n) is 9.13. The van der Waals surface area contributed by atoms with E-state index in [1.807, 2.05) is 33.7 Å². The van der Waals surface area contributed by atoms with Crippen molar-refractivity contribution in [2.45, 2.75) is 31.5 Å². The van der Waals surface area contributed by atoms with Gasteiger partial charge in [0.2, 0.25) is 5.91 Å². The van der Waals surface area contributed by atoms with Crippen LogP contribution < -0.4 is 0 Å². The highest BCUT2D eigenvalue weighted by atomic mass is 16.3. The van der Waals surface area contributed by atoms with E-state index in [1.54, 1.807) is 6.33 Å². The molecule has 4 atom stereocenters. The minimum absolute atomic E-state index is 0.160.